The van der Waals surface area contributed by atoms with Gasteiger partial charge in [-0.1, -0.05) is 36.4 Å². The first-order chi connectivity index (χ1) is 12.1. The number of benzene rings is 2. The fourth-order valence-corrected chi connectivity index (χ4v) is 2.01. The van der Waals surface area contributed by atoms with Crippen molar-refractivity contribution in [3.05, 3.63) is 83.7 Å². The molecule has 0 aliphatic carbocycles. The van der Waals surface area contributed by atoms with Crippen LogP contribution in [0.15, 0.2) is 66.8 Å². The van der Waals surface area contributed by atoms with E-state index in [0.717, 1.165) is 0 Å². The SMILES string of the molecule is C=CCNC(=O)/C(C#N)=C/c1ccc(OCc2ccccc2F)cc1. The van der Waals surface area contributed by atoms with E-state index in [9.17, 15) is 9.18 Å². The van der Waals surface area contributed by atoms with E-state index in [1.807, 2.05) is 6.07 Å². The first kappa shape index (κ1) is 18.0. The standard InChI is InChI=1S/C20H17FN2O2/c1-2-11-23-20(24)17(13-22)12-15-7-9-18(10-8-15)25-14-16-5-3-4-6-19(16)21/h2-10,12H,1,11,14H2,(H,23,24)/b17-12+. The Balaban J connectivity index is 2.02. The Morgan fingerprint density at radius 3 is 2.60 bits per heavy atom. The number of carbonyl (C=O) groups excluding carboxylic acids is 1. The van der Waals surface area contributed by atoms with Crippen LogP contribution in [0.2, 0.25) is 0 Å². The summed E-state index contributed by atoms with van der Waals surface area (Å²) in [7, 11) is 0. The zero-order chi connectivity index (χ0) is 18.1. The molecule has 0 saturated carbocycles. The molecule has 2 aromatic carbocycles. The van der Waals surface area contributed by atoms with Crippen molar-refractivity contribution in [1.82, 2.24) is 5.32 Å². The van der Waals surface area contributed by atoms with Gasteiger partial charge in [-0.2, -0.15) is 5.26 Å². The molecule has 0 heterocycles. The summed E-state index contributed by atoms with van der Waals surface area (Å²) in [4.78, 5) is 11.8. The van der Waals surface area contributed by atoms with Gasteiger partial charge in [-0.05, 0) is 29.8 Å². The first-order valence-electron chi connectivity index (χ1n) is 7.61. The number of halogens is 1. The van der Waals surface area contributed by atoms with Crippen molar-refractivity contribution in [2.75, 3.05) is 6.54 Å². The second kappa shape index (κ2) is 9.04. The van der Waals surface area contributed by atoms with Gasteiger partial charge in [-0.25, -0.2) is 4.39 Å². The van der Waals surface area contributed by atoms with Gasteiger partial charge in [0.2, 0.25) is 0 Å². The van der Waals surface area contributed by atoms with Gasteiger partial charge >= 0.3 is 0 Å². The fourth-order valence-electron chi connectivity index (χ4n) is 2.01. The molecule has 1 N–H and O–H groups in total. The van der Waals surface area contributed by atoms with Gasteiger partial charge < -0.3 is 10.1 Å². The number of amides is 1. The van der Waals surface area contributed by atoms with Gasteiger partial charge in [0.05, 0.1) is 0 Å². The number of rotatable bonds is 7. The summed E-state index contributed by atoms with van der Waals surface area (Å²) < 4.78 is 19.1. The molecule has 25 heavy (non-hydrogen) atoms. The molecule has 0 aliphatic heterocycles. The summed E-state index contributed by atoms with van der Waals surface area (Å²) >= 11 is 0. The number of nitrogens with zero attached hydrogens (tertiary/aromatic N) is 1. The van der Waals surface area contributed by atoms with E-state index in [2.05, 4.69) is 11.9 Å². The Kier molecular flexibility index (Phi) is 6.49. The summed E-state index contributed by atoms with van der Waals surface area (Å²) in [5.74, 6) is -0.205. The molecule has 0 aliphatic rings. The lowest BCUT2D eigenvalue weighted by Crippen LogP contribution is -2.24. The first-order valence-corrected chi connectivity index (χ1v) is 7.61. The van der Waals surface area contributed by atoms with Crippen LogP contribution in [0.4, 0.5) is 4.39 Å². The third kappa shape index (κ3) is 5.33. The molecule has 0 unspecified atom stereocenters. The molecule has 1 amide bonds. The molecule has 2 aromatic rings. The van der Waals surface area contributed by atoms with Crippen LogP contribution in [-0.2, 0) is 11.4 Å². The predicted octanol–water partition coefficient (Wildman–Crippen LogP) is 3.61. The van der Waals surface area contributed by atoms with Gasteiger partial charge in [0, 0.05) is 12.1 Å². The van der Waals surface area contributed by atoms with Gasteiger partial charge in [-0.15, -0.1) is 6.58 Å². The summed E-state index contributed by atoms with van der Waals surface area (Å²) in [6, 6.07) is 15.1. The Bertz CT molecular complexity index is 820. The molecule has 0 bridgehead atoms. The van der Waals surface area contributed by atoms with Crippen LogP contribution in [0.5, 0.6) is 5.75 Å². The molecular weight excluding hydrogens is 319 g/mol. The van der Waals surface area contributed by atoms with E-state index in [-0.39, 0.29) is 18.0 Å². The normalized spacial score (nSPS) is 10.6. The van der Waals surface area contributed by atoms with E-state index in [4.69, 9.17) is 10.00 Å². The van der Waals surface area contributed by atoms with Crippen molar-refractivity contribution in [1.29, 1.82) is 5.26 Å². The third-order valence-electron chi connectivity index (χ3n) is 3.32. The fraction of sp³-hybridized carbons (Fsp3) is 0.100. The van der Waals surface area contributed by atoms with Crippen LogP contribution in [-0.4, -0.2) is 12.5 Å². The van der Waals surface area contributed by atoms with Gasteiger partial charge in [-0.3, -0.25) is 4.79 Å². The minimum atomic E-state index is -0.456. The van der Waals surface area contributed by atoms with Gasteiger partial charge in [0.1, 0.15) is 29.8 Å². The minimum absolute atomic E-state index is 0.00174. The summed E-state index contributed by atoms with van der Waals surface area (Å²) in [5, 5.41) is 11.6. The number of nitriles is 1. The molecule has 0 fully saturated rings. The smallest absolute Gasteiger partial charge is 0.262 e. The Hall–Kier alpha value is -3.39. The van der Waals surface area contributed by atoms with Crippen LogP contribution < -0.4 is 10.1 Å². The highest BCUT2D eigenvalue weighted by Gasteiger charge is 2.07. The Morgan fingerprint density at radius 1 is 1.24 bits per heavy atom. The Morgan fingerprint density at radius 2 is 1.96 bits per heavy atom. The van der Waals surface area contributed by atoms with Crippen LogP contribution >= 0.6 is 0 Å². The van der Waals surface area contributed by atoms with Crippen molar-refractivity contribution in [3.63, 3.8) is 0 Å². The number of nitrogens with one attached hydrogen (secondary N) is 1. The molecule has 2 rings (SSSR count). The maximum atomic E-state index is 13.5. The van der Waals surface area contributed by atoms with Crippen LogP contribution in [0, 0.1) is 17.1 Å². The predicted molar refractivity (Wildman–Crippen MR) is 94.0 cm³/mol. The number of carbonyl (C=O) groups is 1. The monoisotopic (exact) mass is 336 g/mol. The minimum Gasteiger partial charge on any atom is -0.489 e. The zero-order valence-electron chi connectivity index (χ0n) is 13.5. The lowest BCUT2D eigenvalue weighted by atomic mass is 10.1. The highest BCUT2D eigenvalue weighted by Crippen LogP contribution is 2.17. The lowest BCUT2D eigenvalue weighted by molar-refractivity contribution is -0.116. The van der Waals surface area contributed by atoms with Crippen molar-refractivity contribution in [2.45, 2.75) is 6.61 Å². The van der Waals surface area contributed by atoms with E-state index >= 15 is 0 Å². The summed E-state index contributed by atoms with van der Waals surface area (Å²) in [5.41, 5.74) is 1.16. The zero-order valence-corrected chi connectivity index (χ0v) is 13.5. The highest BCUT2D eigenvalue weighted by atomic mass is 19.1. The highest BCUT2D eigenvalue weighted by molar-refractivity contribution is 6.01. The lowest BCUT2D eigenvalue weighted by Gasteiger charge is -2.07. The van der Waals surface area contributed by atoms with E-state index in [1.165, 1.54) is 18.2 Å². The number of ether oxygens (including phenoxy) is 1. The van der Waals surface area contributed by atoms with Crippen LogP contribution in [0.1, 0.15) is 11.1 Å². The largest absolute Gasteiger partial charge is 0.489 e. The summed E-state index contributed by atoms with van der Waals surface area (Å²) in [6.45, 7) is 3.91. The van der Waals surface area contributed by atoms with Gasteiger partial charge in [0.15, 0.2) is 0 Å². The Labute approximate surface area is 145 Å². The maximum absolute atomic E-state index is 13.5. The molecule has 0 spiro atoms. The number of hydrogen-bond donors (Lipinski definition) is 1. The average molecular weight is 336 g/mol. The van der Waals surface area contributed by atoms with E-state index < -0.39 is 5.91 Å². The van der Waals surface area contributed by atoms with Crippen molar-refractivity contribution in [3.8, 4) is 11.8 Å². The molecule has 0 atom stereocenters. The maximum Gasteiger partial charge on any atom is 0.262 e. The third-order valence-corrected chi connectivity index (χ3v) is 3.32. The van der Waals surface area contributed by atoms with Crippen molar-refractivity contribution >= 4 is 12.0 Å². The molecular formula is C20H17FN2O2. The van der Waals surface area contributed by atoms with E-state index in [0.29, 0.717) is 23.4 Å². The van der Waals surface area contributed by atoms with Gasteiger partial charge in [0.25, 0.3) is 5.91 Å². The molecule has 0 radical (unpaired) electrons. The topological polar surface area (TPSA) is 62.1 Å². The quantitative estimate of drug-likeness (QED) is 0.477. The van der Waals surface area contributed by atoms with Crippen LogP contribution in [0.25, 0.3) is 6.08 Å². The van der Waals surface area contributed by atoms with Crippen molar-refractivity contribution in [2.24, 2.45) is 0 Å². The van der Waals surface area contributed by atoms with Crippen LogP contribution in [0.3, 0.4) is 0 Å². The molecule has 0 aromatic heterocycles. The molecule has 0 saturated heterocycles. The van der Waals surface area contributed by atoms with Crippen molar-refractivity contribution < 1.29 is 13.9 Å². The molecule has 5 heteroatoms. The number of hydrogen-bond acceptors (Lipinski definition) is 3. The van der Waals surface area contributed by atoms with E-state index in [1.54, 1.807) is 42.5 Å². The average Bonchev–Trinajstić information content (AvgIpc) is 2.64. The molecule has 4 nitrogen and oxygen atoms in total. The summed E-state index contributed by atoms with van der Waals surface area (Å²) in [6.07, 6.45) is 3.02. The molecule has 126 valence electrons. The second-order valence-electron chi connectivity index (χ2n) is 5.12. The second-order valence-corrected chi connectivity index (χ2v) is 5.12.